The van der Waals surface area contributed by atoms with Crippen LogP contribution in [0.1, 0.15) is 25.3 Å². The molecule has 1 fully saturated rings. The van der Waals surface area contributed by atoms with Gasteiger partial charge in [0.25, 0.3) is 5.95 Å². The summed E-state index contributed by atoms with van der Waals surface area (Å²) in [5.41, 5.74) is 2.18. The van der Waals surface area contributed by atoms with Gasteiger partial charge in [0.15, 0.2) is 5.82 Å². The van der Waals surface area contributed by atoms with E-state index in [1.165, 1.54) is 5.56 Å². The van der Waals surface area contributed by atoms with Crippen LogP contribution in [0.5, 0.6) is 0 Å². The summed E-state index contributed by atoms with van der Waals surface area (Å²) in [6, 6.07) is 8.29. The molecule has 1 aromatic heterocycles. The molecule has 1 aliphatic rings. The van der Waals surface area contributed by atoms with Gasteiger partial charge in [-0.2, -0.15) is 26.6 Å². The lowest BCUT2D eigenvalue weighted by molar-refractivity contribution is 0.453. The number of aliphatic imine (C=N–C) groups is 1. The van der Waals surface area contributed by atoms with Crippen molar-refractivity contribution in [3.8, 4) is 11.4 Å². The van der Waals surface area contributed by atoms with E-state index >= 15 is 0 Å². The van der Waals surface area contributed by atoms with Gasteiger partial charge in [-0.25, -0.2) is 4.99 Å². The van der Waals surface area contributed by atoms with Crippen LogP contribution >= 0.6 is 45.6 Å². The number of rotatable bonds is 6. The molecule has 1 aliphatic carbocycles. The van der Waals surface area contributed by atoms with Crippen molar-refractivity contribution >= 4 is 61.8 Å². The van der Waals surface area contributed by atoms with Crippen LogP contribution in [0, 0.1) is 0 Å². The first-order valence-corrected chi connectivity index (χ1v) is 9.92. The van der Waals surface area contributed by atoms with Crippen LogP contribution in [0.15, 0.2) is 29.3 Å². The van der Waals surface area contributed by atoms with E-state index in [9.17, 15) is 0 Å². The van der Waals surface area contributed by atoms with Gasteiger partial charge in [0.05, 0.1) is 0 Å². The van der Waals surface area contributed by atoms with Crippen LogP contribution in [0.4, 0.5) is 5.95 Å². The van der Waals surface area contributed by atoms with Crippen molar-refractivity contribution in [3.63, 3.8) is 0 Å². The number of benzene rings is 1. The van der Waals surface area contributed by atoms with Crippen molar-refractivity contribution < 1.29 is 4.65 Å². The van der Waals surface area contributed by atoms with Crippen LogP contribution in [0.25, 0.3) is 11.4 Å². The minimum atomic E-state index is 0.124. The highest BCUT2D eigenvalue weighted by atomic mass is 127. The van der Waals surface area contributed by atoms with E-state index < -0.39 is 0 Å². The van der Waals surface area contributed by atoms with Gasteiger partial charge in [0.2, 0.25) is 5.28 Å². The number of hydrogen-bond donors (Lipinski definition) is 0. The van der Waals surface area contributed by atoms with Gasteiger partial charge < -0.3 is 4.65 Å². The fourth-order valence-corrected chi connectivity index (χ4v) is 5.06. The third-order valence-corrected chi connectivity index (χ3v) is 6.61. The Balaban J connectivity index is 1.94. The Bertz CT molecular complexity index is 775. The van der Waals surface area contributed by atoms with Crippen molar-refractivity contribution in [1.29, 1.82) is 0 Å². The Hall–Kier alpha value is -0.705. The van der Waals surface area contributed by atoms with E-state index in [1.54, 1.807) is 13.3 Å². The lowest BCUT2D eigenvalue weighted by Gasteiger charge is -2.17. The number of aromatic nitrogens is 3. The molecule has 0 atom stereocenters. The zero-order chi connectivity index (χ0) is 17.2. The maximum Gasteiger partial charge on any atom is 0.435 e. The third-order valence-electron chi connectivity index (χ3n) is 3.70. The minimum absolute atomic E-state index is 0.124. The van der Waals surface area contributed by atoms with E-state index in [0.717, 1.165) is 18.4 Å². The Labute approximate surface area is 164 Å². The summed E-state index contributed by atoms with van der Waals surface area (Å²) in [5, 5.41) is 0.147. The van der Waals surface area contributed by atoms with E-state index in [4.69, 9.17) is 16.3 Å². The Morgan fingerprint density at radius 3 is 2.83 bits per heavy atom. The maximum absolute atomic E-state index is 6.01. The van der Waals surface area contributed by atoms with Crippen LogP contribution in [-0.2, 0) is 9.40 Å². The van der Waals surface area contributed by atoms with Crippen molar-refractivity contribution in [2.75, 3.05) is 7.11 Å². The Morgan fingerprint density at radius 1 is 1.38 bits per heavy atom. The molecule has 2 aromatic rings. The molecule has 0 aliphatic heterocycles. The molecule has 0 spiro atoms. The van der Waals surface area contributed by atoms with Crippen molar-refractivity contribution in [2.45, 2.75) is 24.5 Å². The summed E-state index contributed by atoms with van der Waals surface area (Å²) in [5.74, 6) is 0.858. The maximum atomic E-state index is 6.01. The van der Waals surface area contributed by atoms with Crippen molar-refractivity contribution in [1.82, 2.24) is 15.0 Å². The second kappa shape index (κ2) is 7.67. The van der Waals surface area contributed by atoms with E-state index in [0.29, 0.717) is 11.8 Å². The highest BCUT2D eigenvalue weighted by Gasteiger charge is 2.47. The molecule has 0 unspecified atom stereocenters. The molecule has 9 heteroatoms. The van der Waals surface area contributed by atoms with Crippen molar-refractivity contribution in [2.24, 2.45) is 4.99 Å². The lowest BCUT2D eigenvalue weighted by Crippen LogP contribution is -2.11. The Morgan fingerprint density at radius 2 is 2.17 bits per heavy atom. The van der Waals surface area contributed by atoms with Crippen LogP contribution < -0.4 is 0 Å². The standard InChI is InChI=1S/C15H15BClIN4OS/c1-3-19-14-21-12(20-13(17)22-14)10-5-4-6-11(9-10)15(7-8-15)24-16(18)23-2/h3-6,9H,7-8H2,1-2H3/b19-3+. The van der Waals surface area contributed by atoms with Gasteiger partial charge in [-0.15, -0.1) is 0 Å². The number of halogens is 2. The van der Waals surface area contributed by atoms with Crippen LogP contribution in [-0.4, -0.2) is 32.3 Å². The molecule has 1 heterocycles. The van der Waals surface area contributed by atoms with E-state index in [1.807, 2.05) is 30.7 Å². The average Bonchev–Trinajstić information content (AvgIpc) is 3.35. The topological polar surface area (TPSA) is 60.3 Å². The monoisotopic (exact) mass is 472 g/mol. The van der Waals surface area contributed by atoms with Gasteiger partial charge in [-0.05, 0) is 43.0 Å². The van der Waals surface area contributed by atoms with E-state index in [2.05, 4.69) is 54.5 Å². The quantitative estimate of drug-likeness (QED) is 0.346. The first kappa shape index (κ1) is 18.1. The smallest absolute Gasteiger partial charge is 0.420 e. The van der Waals surface area contributed by atoms with Gasteiger partial charge in [0, 0.05) is 23.6 Å². The normalized spacial score (nSPS) is 15.7. The first-order valence-electron chi connectivity index (χ1n) is 7.42. The molecule has 0 amide bonds. The second-order valence-corrected chi connectivity index (χ2v) is 9.08. The van der Waals surface area contributed by atoms with Gasteiger partial charge in [0.1, 0.15) is 0 Å². The zero-order valence-electron chi connectivity index (χ0n) is 13.2. The summed E-state index contributed by atoms with van der Waals surface area (Å²) in [4.78, 5) is 16.7. The fourth-order valence-electron chi connectivity index (χ4n) is 2.40. The molecule has 0 N–H and O–H groups in total. The molecular weight excluding hydrogens is 457 g/mol. The third kappa shape index (κ3) is 4.09. The number of nitrogens with zero attached hydrogens (tertiary/aromatic N) is 4. The van der Waals surface area contributed by atoms with Gasteiger partial charge in [-0.3, -0.25) is 0 Å². The predicted molar refractivity (Wildman–Crippen MR) is 109 cm³/mol. The van der Waals surface area contributed by atoms with Gasteiger partial charge in [-0.1, -0.05) is 40.6 Å². The highest BCUT2D eigenvalue weighted by Crippen LogP contribution is 2.58. The zero-order valence-corrected chi connectivity index (χ0v) is 17.0. The summed E-state index contributed by atoms with van der Waals surface area (Å²) < 4.78 is 5.66. The lowest BCUT2D eigenvalue weighted by atomic mass is 10.1. The molecule has 0 radical (unpaired) electrons. The SMILES string of the molecule is C/C=N/c1nc(Cl)nc(-c2cccc(C3(SB(I)OC)CC3)c2)n1. The molecule has 5 nitrogen and oxygen atoms in total. The molecule has 124 valence electrons. The molecule has 1 aromatic carbocycles. The summed E-state index contributed by atoms with van der Waals surface area (Å²) in [6.45, 7) is 1.81. The summed E-state index contributed by atoms with van der Waals surface area (Å²) >= 11 is 10.2. The minimum Gasteiger partial charge on any atom is -0.420 e. The average molecular weight is 473 g/mol. The molecule has 1 saturated carbocycles. The Kier molecular flexibility index (Phi) is 5.79. The molecule has 3 rings (SSSR count). The second-order valence-electron chi connectivity index (χ2n) is 5.32. The summed E-state index contributed by atoms with van der Waals surface area (Å²) in [6.07, 6.45) is 3.92. The van der Waals surface area contributed by atoms with Crippen LogP contribution in [0.3, 0.4) is 0 Å². The molecule has 24 heavy (non-hydrogen) atoms. The molecule has 0 bridgehead atoms. The van der Waals surface area contributed by atoms with Crippen LogP contribution in [0.2, 0.25) is 5.28 Å². The summed E-state index contributed by atoms with van der Waals surface area (Å²) in [7, 11) is 1.74. The largest absolute Gasteiger partial charge is 0.435 e. The predicted octanol–water partition coefficient (Wildman–Crippen LogP) is 4.70. The number of hydrogen-bond acceptors (Lipinski definition) is 6. The highest BCUT2D eigenvalue weighted by molar-refractivity contribution is 14.1. The molecule has 0 saturated heterocycles. The fraction of sp³-hybridized carbons (Fsp3) is 0.333. The van der Waals surface area contributed by atoms with Gasteiger partial charge >= 0.3 is 4.05 Å². The first-order chi connectivity index (χ1) is 11.6. The molecular formula is C15H15BClIN4OS. The van der Waals surface area contributed by atoms with E-state index in [-0.39, 0.29) is 14.1 Å². The van der Waals surface area contributed by atoms with Crippen molar-refractivity contribution in [3.05, 3.63) is 35.1 Å².